The molecule has 0 radical (unpaired) electrons. The molecule has 8 heteroatoms. The van der Waals surface area contributed by atoms with E-state index in [0.29, 0.717) is 17.9 Å². The summed E-state index contributed by atoms with van der Waals surface area (Å²) in [6, 6.07) is 12.1. The Kier molecular flexibility index (Phi) is 8.81. The number of aliphatic hydroxyl groups is 1. The zero-order valence-corrected chi connectivity index (χ0v) is 18.4. The molecule has 2 rings (SSSR count). The predicted octanol–water partition coefficient (Wildman–Crippen LogP) is 4.84. The fraction of sp³-hybridized carbons (Fsp3) is 0.316. The highest BCUT2D eigenvalue weighted by atomic mass is 127. The summed E-state index contributed by atoms with van der Waals surface area (Å²) in [7, 11) is 0. The summed E-state index contributed by atoms with van der Waals surface area (Å²) in [6.07, 6.45) is -1.89. The minimum atomic E-state index is -0.873. The van der Waals surface area contributed by atoms with Crippen LogP contribution in [0, 0.1) is 3.57 Å². The zero-order chi connectivity index (χ0) is 19.8. The van der Waals surface area contributed by atoms with Gasteiger partial charge in [0.2, 0.25) is 0 Å². The van der Waals surface area contributed by atoms with E-state index in [4.69, 9.17) is 9.47 Å². The van der Waals surface area contributed by atoms with Gasteiger partial charge < -0.3 is 19.7 Å². The van der Waals surface area contributed by atoms with Crippen molar-refractivity contribution in [2.45, 2.75) is 25.6 Å². The van der Waals surface area contributed by atoms with Crippen molar-refractivity contribution in [3.8, 4) is 5.75 Å². The first-order valence-corrected chi connectivity index (χ1v) is 10.3. The first kappa shape index (κ1) is 21.9. The van der Waals surface area contributed by atoms with Gasteiger partial charge in [0, 0.05) is 38.9 Å². The quantitative estimate of drug-likeness (QED) is 0.410. The molecule has 0 aliphatic carbocycles. The van der Waals surface area contributed by atoms with Gasteiger partial charge in [0.1, 0.15) is 11.9 Å². The van der Waals surface area contributed by atoms with Crippen LogP contribution in [0.4, 0.5) is 10.5 Å². The standard InChI is InChI=1S/C19H21BrINO5/c1-2-26-17(9-10-23)18(15-11-13(21)5-8-16(15)24)27-19(25)22-14-6-3-12(20)4-7-14/h3-8,11,17-18,23-24H,2,9-10H2,1H3,(H,22,25)/t17-,18-/m1/s1. The number of halogens is 2. The number of carbonyl (C=O) groups is 1. The Bertz CT molecular complexity index is 750. The van der Waals surface area contributed by atoms with Crippen LogP contribution in [0.25, 0.3) is 0 Å². The molecule has 0 aliphatic heterocycles. The Morgan fingerprint density at radius 1 is 1.26 bits per heavy atom. The molecule has 0 spiro atoms. The normalized spacial score (nSPS) is 13.0. The van der Waals surface area contributed by atoms with Crippen molar-refractivity contribution < 1.29 is 24.5 Å². The van der Waals surface area contributed by atoms with Crippen LogP contribution in [0.2, 0.25) is 0 Å². The van der Waals surface area contributed by atoms with Gasteiger partial charge in [-0.15, -0.1) is 0 Å². The average Bonchev–Trinajstić information content (AvgIpc) is 2.64. The van der Waals surface area contributed by atoms with Crippen molar-refractivity contribution in [2.24, 2.45) is 0 Å². The summed E-state index contributed by atoms with van der Waals surface area (Å²) in [4.78, 5) is 12.4. The van der Waals surface area contributed by atoms with E-state index in [-0.39, 0.29) is 18.8 Å². The second kappa shape index (κ2) is 10.8. The number of rotatable bonds is 8. The van der Waals surface area contributed by atoms with Crippen molar-refractivity contribution in [2.75, 3.05) is 18.5 Å². The van der Waals surface area contributed by atoms with E-state index >= 15 is 0 Å². The first-order chi connectivity index (χ1) is 12.9. The lowest BCUT2D eigenvalue weighted by Crippen LogP contribution is -2.30. The molecule has 0 aromatic heterocycles. The Morgan fingerprint density at radius 3 is 2.59 bits per heavy atom. The fourth-order valence-electron chi connectivity index (χ4n) is 2.55. The van der Waals surface area contributed by atoms with E-state index in [2.05, 4.69) is 43.8 Å². The van der Waals surface area contributed by atoms with Crippen LogP contribution in [-0.4, -0.2) is 35.6 Å². The Morgan fingerprint density at radius 2 is 1.96 bits per heavy atom. The molecule has 27 heavy (non-hydrogen) atoms. The number of carbonyl (C=O) groups excluding carboxylic acids is 1. The van der Waals surface area contributed by atoms with Crippen LogP contribution in [-0.2, 0) is 9.47 Å². The molecule has 146 valence electrons. The molecule has 0 unspecified atom stereocenters. The average molecular weight is 550 g/mol. The van der Waals surface area contributed by atoms with E-state index in [0.717, 1.165) is 8.04 Å². The summed E-state index contributed by atoms with van der Waals surface area (Å²) in [6.45, 7) is 2.06. The fourth-order valence-corrected chi connectivity index (χ4v) is 3.33. The molecule has 2 atom stereocenters. The van der Waals surface area contributed by atoms with E-state index in [1.54, 1.807) is 42.5 Å². The third kappa shape index (κ3) is 6.63. The van der Waals surface area contributed by atoms with Crippen LogP contribution in [0.5, 0.6) is 5.75 Å². The number of hydrogen-bond donors (Lipinski definition) is 3. The number of ether oxygens (including phenoxy) is 2. The van der Waals surface area contributed by atoms with Crippen molar-refractivity contribution in [3.63, 3.8) is 0 Å². The molecule has 0 saturated carbocycles. The number of nitrogens with one attached hydrogen (secondary N) is 1. The molecule has 0 bridgehead atoms. The molecular weight excluding hydrogens is 529 g/mol. The highest BCUT2D eigenvalue weighted by Crippen LogP contribution is 2.33. The number of aromatic hydroxyl groups is 1. The second-order valence-electron chi connectivity index (χ2n) is 5.67. The van der Waals surface area contributed by atoms with Crippen molar-refractivity contribution >= 4 is 50.3 Å². The van der Waals surface area contributed by atoms with Gasteiger partial charge in [0.25, 0.3) is 0 Å². The molecule has 2 aromatic rings. The van der Waals surface area contributed by atoms with Gasteiger partial charge in [-0.1, -0.05) is 15.9 Å². The molecule has 6 nitrogen and oxygen atoms in total. The number of phenols is 1. The molecule has 0 saturated heterocycles. The first-order valence-electron chi connectivity index (χ1n) is 8.38. The third-order valence-electron chi connectivity index (χ3n) is 3.75. The summed E-state index contributed by atoms with van der Waals surface area (Å²) in [5.74, 6) is -0.000462. The van der Waals surface area contributed by atoms with Crippen molar-refractivity contribution in [3.05, 3.63) is 56.1 Å². The van der Waals surface area contributed by atoms with Gasteiger partial charge in [-0.2, -0.15) is 0 Å². The topological polar surface area (TPSA) is 88.0 Å². The monoisotopic (exact) mass is 549 g/mol. The summed E-state index contributed by atoms with van der Waals surface area (Å²) >= 11 is 5.45. The molecule has 2 aromatic carbocycles. The Balaban J connectivity index is 2.26. The lowest BCUT2D eigenvalue weighted by Gasteiger charge is -2.27. The lowest BCUT2D eigenvalue weighted by atomic mass is 10.0. The minimum Gasteiger partial charge on any atom is -0.508 e. The van der Waals surface area contributed by atoms with Crippen LogP contribution >= 0.6 is 38.5 Å². The number of hydrogen-bond acceptors (Lipinski definition) is 5. The van der Waals surface area contributed by atoms with E-state index in [1.165, 1.54) is 0 Å². The Labute approximate surface area is 180 Å². The van der Waals surface area contributed by atoms with Gasteiger partial charge in [0.05, 0.1) is 0 Å². The molecule has 0 heterocycles. The van der Waals surface area contributed by atoms with Crippen LogP contribution in [0.15, 0.2) is 46.9 Å². The highest BCUT2D eigenvalue weighted by Gasteiger charge is 2.30. The van der Waals surface area contributed by atoms with Gasteiger partial charge in [-0.25, -0.2) is 4.79 Å². The van der Waals surface area contributed by atoms with Gasteiger partial charge in [-0.3, -0.25) is 5.32 Å². The van der Waals surface area contributed by atoms with Crippen molar-refractivity contribution in [1.29, 1.82) is 0 Å². The molecular formula is C19H21BrINO5. The lowest BCUT2D eigenvalue weighted by molar-refractivity contribution is -0.0491. The number of phenolic OH excluding ortho intramolecular Hbond substituents is 1. The SMILES string of the molecule is CCO[C@H](CCO)[C@H](OC(=O)Nc1ccc(Br)cc1)c1cc(I)ccc1O. The van der Waals surface area contributed by atoms with Crippen molar-refractivity contribution in [1.82, 2.24) is 0 Å². The van der Waals surface area contributed by atoms with E-state index in [9.17, 15) is 15.0 Å². The number of anilines is 1. The maximum atomic E-state index is 12.4. The summed E-state index contributed by atoms with van der Waals surface area (Å²) < 4.78 is 13.1. The zero-order valence-electron chi connectivity index (χ0n) is 14.7. The second-order valence-corrected chi connectivity index (χ2v) is 7.83. The van der Waals surface area contributed by atoms with Crippen LogP contribution < -0.4 is 5.32 Å². The summed E-state index contributed by atoms with van der Waals surface area (Å²) in [5, 5.41) is 22.3. The summed E-state index contributed by atoms with van der Waals surface area (Å²) in [5.41, 5.74) is 1.00. The van der Waals surface area contributed by atoms with Gasteiger partial charge in [-0.05, 0) is 72.0 Å². The minimum absolute atomic E-state index is 0.000462. The van der Waals surface area contributed by atoms with E-state index in [1.807, 2.05) is 6.92 Å². The highest BCUT2D eigenvalue weighted by molar-refractivity contribution is 14.1. The van der Waals surface area contributed by atoms with Crippen LogP contribution in [0.3, 0.4) is 0 Å². The van der Waals surface area contributed by atoms with Gasteiger partial charge in [0.15, 0.2) is 6.10 Å². The van der Waals surface area contributed by atoms with Gasteiger partial charge >= 0.3 is 6.09 Å². The Hall–Kier alpha value is -1.36. The van der Waals surface area contributed by atoms with E-state index < -0.39 is 18.3 Å². The largest absolute Gasteiger partial charge is 0.508 e. The maximum absolute atomic E-state index is 12.4. The third-order valence-corrected chi connectivity index (χ3v) is 4.95. The predicted molar refractivity (Wildman–Crippen MR) is 115 cm³/mol. The maximum Gasteiger partial charge on any atom is 0.412 e. The molecule has 3 N–H and O–H groups in total. The molecule has 0 aliphatic rings. The number of aliphatic hydroxyl groups excluding tert-OH is 1. The molecule has 1 amide bonds. The smallest absolute Gasteiger partial charge is 0.412 e. The number of amides is 1. The number of benzene rings is 2. The molecule has 0 fully saturated rings. The van der Waals surface area contributed by atoms with Crippen LogP contribution in [0.1, 0.15) is 25.0 Å².